The zero-order valence-electron chi connectivity index (χ0n) is 12.4. The quantitative estimate of drug-likeness (QED) is 0.799. The third-order valence-electron chi connectivity index (χ3n) is 3.22. The van der Waals surface area contributed by atoms with E-state index < -0.39 is 0 Å². The van der Waals surface area contributed by atoms with Gasteiger partial charge in [-0.1, -0.05) is 0 Å². The fraction of sp³-hybridized carbons (Fsp3) is 0.200. The second-order valence-electron chi connectivity index (χ2n) is 4.37. The predicted molar refractivity (Wildman–Crippen MR) is 86.2 cm³/mol. The van der Waals surface area contributed by atoms with Crippen LogP contribution in [0.15, 0.2) is 30.5 Å². The summed E-state index contributed by atoms with van der Waals surface area (Å²) in [5.41, 5.74) is 2.31. The van der Waals surface area contributed by atoms with Crippen LogP contribution in [0.1, 0.15) is 0 Å². The molecule has 0 aliphatic rings. The van der Waals surface area contributed by atoms with Gasteiger partial charge in [0, 0.05) is 12.3 Å². The molecular formula is C15H16ClN3O3. The Morgan fingerprint density at radius 2 is 1.64 bits per heavy atom. The van der Waals surface area contributed by atoms with Gasteiger partial charge in [-0.3, -0.25) is 0 Å². The van der Waals surface area contributed by atoms with Crippen molar-refractivity contribution in [2.75, 3.05) is 21.3 Å². The molecule has 7 heteroatoms. The maximum Gasteiger partial charge on any atom is 0.178 e. The molecule has 0 aliphatic heterocycles. The van der Waals surface area contributed by atoms with Crippen LogP contribution in [0.25, 0.3) is 22.6 Å². The summed E-state index contributed by atoms with van der Waals surface area (Å²) in [7, 11) is 4.78. The number of hydrogen-bond donors (Lipinski definition) is 1. The number of aromatic nitrogens is 3. The smallest absolute Gasteiger partial charge is 0.178 e. The molecule has 2 aromatic heterocycles. The van der Waals surface area contributed by atoms with E-state index in [2.05, 4.69) is 15.0 Å². The molecule has 0 atom stereocenters. The minimum absolute atomic E-state index is 0. The SMILES string of the molecule is COc1cc(OC)c(-c2nc3ncccc3[nH]2)cc1OC.Cl. The number of nitrogens with zero attached hydrogens (tertiary/aromatic N) is 2. The highest BCUT2D eigenvalue weighted by molar-refractivity contribution is 5.85. The summed E-state index contributed by atoms with van der Waals surface area (Å²) in [6.07, 6.45) is 1.71. The van der Waals surface area contributed by atoms with E-state index >= 15 is 0 Å². The van der Waals surface area contributed by atoms with Gasteiger partial charge in [0.1, 0.15) is 11.6 Å². The van der Waals surface area contributed by atoms with Crippen LogP contribution in [-0.4, -0.2) is 36.3 Å². The molecule has 0 saturated heterocycles. The first-order chi connectivity index (χ1) is 10.3. The number of pyridine rings is 1. The van der Waals surface area contributed by atoms with Crippen molar-refractivity contribution in [1.82, 2.24) is 15.0 Å². The lowest BCUT2D eigenvalue weighted by Gasteiger charge is -2.12. The molecule has 1 aromatic carbocycles. The van der Waals surface area contributed by atoms with Crippen LogP contribution in [0.5, 0.6) is 17.2 Å². The van der Waals surface area contributed by atoms with Crippen molar-refractivity contribution < 1.29 is 14.2 Å². The first-order valence-electron chi connectivity index (χ1n) is 6.38. The van der Waals surface area contributed by atoms with Crippen LogP contribution in [0.2, 0.25) is 0 Å². The first-order valence-corrected chi connectivity index (χ1v) is 6.38. The van der Waals surface area contributed by atoms with Crippen molar-refractivity contribution in [3.63, 3.8) is 0 Å². The van der Waals surface area contributed by atoms with Gasteiger partial charge in [-0.05, 0) is 18.2 Å². The van der Waals surface area contributed by atoms with Crippen LogP contribution in [-0.2, 0) is 0 Å². The maximum absolute atomic E-state index is 5.42. The second kappa shape index (κ2) is 6.53. The number of rotatable bonds is 4. The Bertz CT molecular complexity index is 756. The van der Waals surface area contributed by atoms with Gasteiger partial charge in [0.15, 0.2) is 17.1 Å². The number of methoxy groups -OCH3 is 3. The molecular weight excluding hydrogens is 306 g/mol. The van der Waals surface area contributed by atoms with Gasteiger partial charge in [0.2, 0.25) is 0 Å². The largest absolute Gasteiger partial charge is 0.496 e. The van der Waals surface area contributed by atoms with E-state index in [1.165, 1.54) is 0 Å². The zero-order chi connectivity index (χ0) is 14.8. The molecule has 2 heterocycles. The number of imidazole rings is 1. The van der Waals surface area contributed by atoms with E-state index in [1.54, 1.807) is 33.6 Å². The average Bonchev–Trinajstić information content (AvgIpc) is 2.97. The van der Waals surface area contributed by atoms with Gasteiger partial charge >= 0.3 is 0 Å². The summed E-state index contributed by atoms with van der Waals surface area (Å²) >= 11 is 0. The van der Waals surface area contributed by atoms with Crippen molar-refractivity contribution in [2.24, 2.45) is 0 Å². The van der Waals surface area contributed by atoms with E-state index in [1.807, 2.05) is 18.2 Å². The monoisotopic (exact) mass is 321 g/mol. The lowest BCUT2D eigenvalue weighted by molar-refractivity contribution is 0.349. The van der Waals surface area contributed by atoms with Gasteiger partial charge in [-0.2, -0.15) is 0 Å². The number of ether oxygens (including phenoxy) is 3. The number of nitrogens with one attached hydrogen (secondary N) is 1. The molecule has 116 valence electrons. The molecule has 22 heavy (non-hydrogen) atoms. The Labute approximate surface area is 133 Å². The van der Waals surface area contributed by atoms with Gasteiger partial charge in [0.25, 0.3) is 0 Å². The van der Waals surface area contributed by atoms with E-state index in [0.29, 0.717) is 28.7 Å². The van der Waals surface area contributed by atoms with Crippen LogP contribution in [0.4, 0.5) is 0 Å². The Morgan fingerprint density at radius 3 is 2.27 bits per heavy atom. The van der Waals surface area contributed by atoms with Gasteiger partial charge in [0.05, 0.1) is 32.4 Å². The standard InChI is InChI=1S/C15H15N3O3.ClH/c1-19-11-8-13(21-3)12(20-2)7-9(11)14-17-10-5-4-6-16-15(10)18-14;/h4-8H,1-3H3,(H,16,17,18);1H. The summed E-state index contributed by atoms with van der Waals surface area (Å²) in [6, 6.07) is 7.38. The van der Waals surface area contributed by atoms with E-state index in [9.17, 15) is 0 Å². The third-order valence-corrected chi connectivity index (χ3v) is 3.22. The molecule has 1 N–H and O–H groups in total. The molecule has 0 spiro atoms. The van der Waals surface area contributed by atoms with E-state index in [-0.39, 0.29) is 12.4 Å². The lowest BCUT2D eigenvalue weighted by Crippen LogP contribution is -1.95. The number of aromatic amines is 1. The van der Waals surface area contributed by atoms with Crippen molar-refractivity contribution in [3.05, 3.63) is 30.5 Å². The summed E-state index contributed by atoms with van der Waals surface area (Å²) in [6.45, 7) is 0. The number of halogens is 1. The van der Waals surface area contributed by atoms with Crippen molar-refractivity contribution in [3.8, 4) is 28.6 Å². The summed E-state index contributed by atoms with van der Waals surface area (Å²) < 4.78 is 16.0. The van der Waals surface area contributed by atoms with Crippen LogP contribution >= 0.6 is 12.4 Å². The fourth-order valence-electron chi connectivity index (χ4n) is 2.19. The molecule has 0 unspecified atom stereocenters. The summed E-state index contributed by atoms with van der Waals surface area (Å²) in [5, 5.41) is 0. The summed E-state index contributed by atoms with van der Waals surface area (Å²) in [4.78, 5) is 11.9. The Balaban J connectivity index is 0.00000176. The Kier molecular flexibility index (Phi) is 4.72. The van der Waals surface area contributed by atoms with Gasteiger partial charge in [-0.25, -0.2) is 9.97 Å². The van der Waals surface area contributed by atoms with Crippen molar-refractivity contribution in [2.45, 2.75) is 0 Å². The number of hydrogen-bond acceptors (Lipinski definition) is 5. The number of fused-ring (bicyclic) bond motifs is 1. The molecule has 0 fully saturated rings. The van der Waals surface area contributed by atoms with Gasteiger partial charge < -0.3 is 19.2 Å². The lowest BCUT2D eigenvalue weighted by atomic mass is 10.1. The highest BCUT2D eigenvalue weighted by Gasteiger charge is 2.16. The Morgan fingerprint density at radius 1 is 0.955 bits per heavy atom. The number of H-pyrrole nitrogens is 1. The van der Waals surface area contributed by atoms with E-state index in [4.69, 9.17) is 14.2 Å². The van der Waals surface area contributed by atoms with Crippen molar-refractivity contribution >= 4 is 23.6 Å². The van der Waals surface area contributed by atoms with Crippen LogP contribution in [0, 0.1) is 0 Å². The maximum atomic E-state index is 5.42. The molecule has 3 rings (SSSR count). The minimum atomic E-state index is 0. The molecule has 0 aliphatic carbocycles. The molecule has 0 bridgehead atoms. The molecule has 0 radical (unpaired) electrons. The Hall–Kier alpha value is -2.47. The highest BCUT2D eigenvalue weighted by atomic mass is 35.5. The number of benzene rings is 1. The van der Waals surface area contributed by atoms with Crippen molar-refractivity contribution in [1.29, 1.82) is 0 Å². The predicted octanol–water partition coefficient (Wildman–Crippen LogP) is 3.07. The van der Waals surface area contributed by atoms with Gasteiger partial charge in [-0.15, -0.1) is 12.4 Å². The fourth-order valence-corrected chi connectivity index (χ4v) is 2.19. The molecule has 3 aromatic rings. The highest BCUT2D eigenvalue weighted by Crippen LogP contribution is 2.39. The molecule has 6 nitrogen and oxygen atoms in total. The average molecular weight is 322 g/mol. The minimum Gasteiger partial charge on any atom is -0.496 e. The zero-order valence-corrected chi connectivity index (χ0v) is 13.2. The molecule has 0 amide bonds. The second-order valence-corrected chi connectivity index (χ2v) is 4.37. The van der Waals surface area contributed by atoms with E-state index in [0.717, 1.165) is 11.1 Å². The molecule has 0 saturated carbocycles. The topological polar surface area (TPSA) is 69.3 Å². The van der Waals surface area contributed by atoms with Crippen LogP contribution < -0.4 is 14.2 Å². The third kappa shape index (κ3) is 2.65. The summed E-state index contributed by atoms with van der Waals surface area (Å²) in [5.74, 6) is 2.53. The first kappa shape index (κ1) is 15.9. The van der Waals surface area contributed by atoms with Crippen LogP contribution in [0.3, 0.4) is 0 Å². The normalized spacial score (nSPS) is 10.1.